The number of fused-ring (bicyclic) bond motifs is 1. The number of ether oxygens (including phenoxy) is 2. The zero-order chi connectivity index (χ0) is 22.7. The molecular weight excluding hydrogens is 434 g/mol. The Morgan fingerprint density at radius 2 is 1.84 bits per heavy atom. The van der Waals surface area contributed by atoms with Gasteiger partial charge in [-0.25, -0.2) is 14.2 Å². The molecule has 0 N–H and O–H groups in total. The number of hydrogen-bond donors (Lipinski definition) is 0. The fraction of sp³-hybridized carbons (Fsp3) is 0.286. The van der Waals surface area contributed by atoms with Crippen LogP contribution in [0.15, 0.2) is 48.5 Å². The molecule has 0 aliphatic carbocycles. The molecule has 2 aromatic carbocycles. The summed E-state index contributed by atoms with van der Waals surface area (Å²) in [5.74, 6) is 0.494. The molecule has 0 unspecified atom stereocenters. The highest BCUT2D eigenvalue weighted by molar-refractivity contribution is 5.47. The normalized spacial score (nSPS) is 14.2. The van der Waals surface area contributed by atoms with E-state index in [1.54, 1.807) is 40.8 Å². The fourth-order valence-corrected chi connectivity index (χ4v) is 3.16. The van der Waals surface area contributed by atoms with Gasteiger partial charge in [-0.1, -0.05) is 24.3 Å². The Hall–Kier alpha value is -3.15. The van der Waals surface area contributed by atoms with Gasteiger partial charge in [-0.3, -0.25) is 9.30 Å². The lowest BCUT2D eigenvalue weighted by Crippen LogP contribution is -2.19. The van der Waals surface area contributed by atoms with Crippen molar-refractivity contribution in [3.63, 3.8) is 0 Å². The Bertz CT molecular complexity index is 1070. The van der Waals surface area contributed by atoms with E-state index in [1.807, 2.05) is 0 Å². The highest BCUT2D eigenvalue weighted by Crippen LogP contribution is 2.32. The highest BCUT2D eigenvalue weighted by atomic mass is 19.4. The first-order valence-corrected chi connectivity index (χ1v) is 9.55. The van der Waals surface area contributed by atoms with Crippen LogP contribution in [0.3, 0.4) is 0 Å². The van der Waals surface area contributed by atoms with Gasteiger partial charge in [-0.15, -0.1) is 13.2 Å². The molecule has 32 heavy (non-hydrogen) atoms. The Labute approximate surface area is 180 Å². The maximum Gasteiger partial charge on any atom is 0.522 e. The van der Waals surface area contributed by atoms with Crippen LogP contribution in [0.2, 0.25) is 0 Å². The Kier molecular flexibility index (Phi) is 6.31. The van der Waals surface area contributed by atoms with Crippen molar-refractivity contribution < 1.29 is 36.8 Å². The van der Waals surface area contributed by atoms with Crippen LogP contribution in [0.4, 0.5) is 23.4 Å². The largest absolute Gasteiger partial charge is 0.522 e. The number of imidazole rings is 1. The number of aromatic nitrogens is 2. The van der Waals surface area contributed by atoms with E-state index < -0.39 is 13.0 Å². The molecule has 7 nitrogen and oxygen atoms in total. The average Bonchev–Trinajstić information content (AvgIpc) is 2.97. The molecule has 0 amide bonds. The number of hydrogen-bond acceptors (Lipinski definition) is 6. The summed E-state index contributed by atoms with van der Waals surface area (Å²) in [6.07, 6.45) is -4.73. The maximum atomic E-state index is 13.3. The number of rotatable bonds is 6. The Balaban J connectivity index is 1.64. The van der Waals surface area contributed by atoms with Crippen molar-refractivity contribution in [3.05, 3.63) is 71.2 Å². The van der Waals surface area contributed by atoms with Crippen molar-refractivity contribution >= 4 is 5.82 Å². The van der Waals surface area contributed by atoms with Gasteiger partial charge in [-0.2, -0.15) is 4.98 Å². The lowest BCUT2D eigenvalue weighted by Gasteiger charge is -2.13. The van der Waals surface area contributed by atoms with Crippen LogP contribution in [-0.4, -0.2) is 29.7 Å². The molecule has 11 heteroatoms. The second kappa shape index (κ2) is 9.15. The first-order chi connectivity index (χ1) is 15.3. The summed E-state index contributed by atoms with van der Waals surface area (Å²) >= 11 is 0. The average molecular weight is 453 g/mol. The van der Waals surface area contributed by atoms with Gasteiger partial charge < -0.3 is 9.64 Å². The van der Waals surface area contributed by atoms with E-state index in [0.717, 1.165) is 5.56 Å². The van der Waals surface area contributed by atoms with Gasteiger partial charge in [-0.05, 0) is 35.4 Å². The summed E-state index contributed by atoms with van der Waals surface area (Å²) in [7, 11) is 1.77. The monoisotopic (exact) mass is 453 g/mol. The first kappa shape index (κ1) is 22.1. The minimum absolute atomic E-state index is 0.0939. The van der Waals surface area contributed by atoms with E-state index in [0.29, 0.717) is 18.1 Å². The fourth-order valence-electron chi connectivity index (χ4n) is 3.16. The van der Waals surface area contributed by atoms with Gasteiger partial charge in [0.1, 0.15) is 18.2 Å². The summed E-state index contributed by atoms with van der Waals surface area (Å²) in [5, 5.41) is 0. The minimum atomic E-state index is -4.73. The number of halogens is 4. The number of nitrogens with zero attached hydrogens (tertiary/aromatic N) is 3. The van der Waals surface area contributed by atoms with E-state index in [1.165, 1.54) is 24.3 Å². The van der Waals surface area contributed by atoms with E-state index in [-0.39, 0.29) is 36.5 Å². The molecule has 0 fully saturated rings. The third-order valence-corrected chi connectivity index (χ3v) is 4.67. The second-order valence-corrected chi connectivity index (χ2v) is 7.07. The third kappa shape index (κ3) is 5.36. The van der Waals surface area contributed by atoms with Gasteiger partial charge in [0.25, 0.3) is 0 Å². The Morgan fingerprint density at radius 3 is 2.59 bits per heavy atom. The third-order valence-electron chi connectivity index (χ3n) is 4.67. The van der Waals surface area contributed by atoms with Crippen molar-refractivity contribution in [1.82, 2.24) is 9.55 Å². The zero-order valence-corrected chi connectivity index (χ0v) is 16.9. The van der Waals surface area contributed by atoms with Crippen molar-refractivity contribution in [3.8, 4) is 11.8 Å². The van der Waals surface area contributed by atoms with Crippen LogP contribution in [0.5, 0.6) is 11.8 Å². The second-order valence-electron chi connectivity index (χ2n) is 7.07. The summed E-state index contributed by atoms with van der Waals surface area (Å²) in [6.45, 7) is -0.109. The van der Waals surface area contributed by atoms with Crippen molar-refractivity contribution in [2.45, 2.75) is 26.1 Å². The quantitative estimate of drug-likeness (QED) is 0.397. The predicted molar refractivity (Wildman–Crippen MR) is 104 cm³/mol. The van der Waals surface area contributed by atoms with Crippen molar-refractivity contribution in [2.75, 3.05) is 18.7 Å². The zero-order valence-electron chi connectivity index (χ0n) is 16.9. The number of alkyl halides is 3. The van der Waals surface area contributed by atoms with Crippen LogP contribution in [0, 0.1) is 5.82 Å². The molecule has 0 radical (unpaired) electrons. The molecular formula is C21H19F4N3O4. The van der Waals surface area contributed by atoms with E-state index >= 15 is 0 Å². The van der Waals surface area contributed by atoms with E-state index in [2.05, 4.69) is 9.72 Å². The standard InChI is InChI=1S/C21H19F4N3O4/c1-27-13-31-30-12-18-19(27)26-20(28(18)10-14-5-7-16(22)8-6-14)32-17-4-2-3-15(9-17)11-29-21(23,24)25/h2-9H,10-13H2,1H3. The lowest BCUT2D eigenvalue weighted by atomic mass is 10.2. The van der Waals surface area contributed by atoms with Crippen LogP contribution < -0.4 is 9.64 Å². The van der Waals surface area contributed by atoms with Crippen LogP contribution in [-0.2, 0) is 34.3 Å². The molecule has 2 heterocycles. The number of anilines is 1. The van der Waals surface area contributed by atoms with Crippen LogP contribution in [0.25, 0.3) is 0 Å². The van der Waals surface area contributed by atoms with Gasteiger partial charge >= 0.3 is 12.4 Å². The molecule has 0 atom stereocenters. The highest BCUT2D eigenvalue weighted by Gasteiger charge is 2.29. The minimum Gasteiger partial charge on any atom is -0.425 e. The van der Waals surface area contributed by atoms with Crippen LogP contribution >= 0.6 is 0 Å². The molecule has 1 aliphatic rings. The number of benzene rings is 2. The lowest BCUT2D eigenvalue weighted by molar-refractivity contribution is -0.330. The molecule has 1 aromatic heterocycles. The molecule has 0 saturated carbocycles. The first-order valence-electron chi connectivity index (χ1n) is 9.55. The smallest absolute Gasteiger partial charge is 0.425 e. The molecule has 170 valence electrons. The predicted octanol–water partition coefficient (Wildman–Crippen LogP) is 4.75. The van der Waals surface area contributed by atoms with E-state index in [4.69, 9.17) is 14.5 Å². The van der Waals surface area contributed by atoms with Gasteiger partial charge in [0.15, 0.2) is 12.5 Å². The molecule has 0 bridgehead atoms. The summed E-state index contributed by atoms with van der Waals surface area (Å²) in [4.78, 5) is 16.5. The van der Waals surface area contributed by atoms with Crippen molar-refractivity contribution in [1.29, 1.82) is 0 Å². The van der Waals surface area contributed by atoms with E-state index in [9.17, 15) is 17.6 Å². The maximum absolute atomic E-state index is 13.3. The molecule has 0 spiro atoms. The summed E-state index contributed by atoms with van der Waals surface area (Å²) in [6, 6.07) is 12.3. The van der Waals surface area contributed by atoms with Crippen molar-refractivity contribution in [2.24, 2.45) is 0 Å². The van der Waals surface area contributed by atoms with Gasteiger partial charge in [0.2, 0.25) is 0 Å². The Morgan fingerprint density at radius 1 is 1.06 bits per heavy atom. The van der Waals surface area contributed by atoms with Gasteiger partial charge in [0.05, 0.1) is 18.8 Å². The molecule has 4 rings (SSSR count). The summed E-state index contributed by atoms with van der Waals surface area (Å²) in [5.41, 5.74) is 1.74. The SMILES string of the molecule is CN1COOCc2c1nc(Oc1cccc(COC(F)(F)F)c1)n2Cc1ccc(F)cc1. The van der Waals surface area contributed by atoms with Gasteiger partial charge in [0, 0.05) is 7.05 Å². The molecule has 1 aliphatic heterocycles. The van der Waals surface area contributed by atoms with Crippen LogP contribution in [0.1, 0.15) is 16.8 Å². The molecule has 3 aromatic rings. The summed E-state index contributed by atoms with van der Waals surface area (Å²) < 4.78 is 62.0. The molecule has 0 saturated heterocycles. The topological polar surface area (TPSA) is 58.0 Å².